The molecule has 19 heavy (non-hydrogen) atoms. The number of carbonyl (C=O) groups excluding carboxylic acids is 2. The molecule has 0 spiro atoms. The number of anilines is 1. The van der Waals surface area contributed by atoms with Gasteiger partial charge >= 0.3 is 0 Å². The Labute approximate surface area is 116 Å². The van der Waals surface area contributed by atoms with E-state index in [1.165, 1.54) is 11.3 Å². The number of hydrogen-bond donors (Lipinski definition) is 2. The molecule has 2 rings (SSSR count). The van der Waals surface area contributed by atoms with Crippen molar-refractivity contribution in [2.75, 3.05) is 25.9 Å². The van der Waals surface area contributed by atoms with Gasteiger partial charge in [-0.1, -0.05) is 0 Å². The summed E-state index contributed by atoms with van der Waals surface area (Å²) in [6, 6.07) is 0. The first-order chi connectivity index (χ1) is 8.94. The Balaban J connectivity index is 1.97. The lowest BCUT2D eigenvalue weighted by atomic mass is 9.89. The number of nitrogens with zero attached hydrogens (tertiary/aromatic N) is 2. The van der Waals surface area contributed by atoms with Gasteiger partial charge in [-0.15, -0.1) is 11.3 Å². The molecule has 1 aromatic rings. The van der Waals surface area contributed by atoms with Crippen LogP contribution in [0.15, 0.2) is 5.38 Å². The Kier molecular flexibility index (Phi) is 3.75. The fraction of sp³-hybridized carbons (Fsp3) is 0.583. The van der Waals surface area contributed by atoms with Crippen LogP contribution in [-0.4, -0.2) is 41.8 Å². The number of likely N-dealkylation sites (tertiary alicyclic amines) is 1. The van der Waals surface area contributed by atoms with E-state index < -0.39 is 5.41 Å². The van der Waals surface area contributed by atoms with Crippen molar-refractivity contribution in [3.05, 3.63) is 11.1 Å². The third kappa shape index (κ3) is 2.86. The molecule has 0 aliphatic carbocycles. The number of nitrogen functional groups attached to an aromatic ring is 1. The van der Waals surface area contributed by atoms with Crippen molar-refractivity contribution in [2.45, 2.75) is 19.8 Å². The van der Waals surface area contributed by atoms with E-state index in [0.29, 0.717) is 30.3 Å². The SMILES string of the molecule is CNC(=O)C1(C)CCN(C(=O)Cc2csc(N)n2)C1. The lowest BCUT2D eigenvalue weighted by Crippen LogP contribution is -2.40. The molecule has 1 aromatic heterocycles. The monoisotopic (exact) mass is 282 g/mol. The number of rotatable bonds is 3. The Bertz CT molecular complexity index is 502. The van der Waals surface area contributed by atoms with Crippen molar-refractivity contribution in [1.29, 1.82) is 0 Å². The van der Waals surface area contributed by atoms with Crippen molar-refractivity contribution >= 4 is 28.3 Å². The van der Waals surface area contributed by atoms with Gasteiger partial charge in [-0.2, -0.15) is 0 Å². The molecule has 1 saturated heterocycles. The van der Waals surface area contributed by atoms with Crippen molar-refractivity contribution in [2.24, 2.45) is 5.41 Å². The summed E-state index contributed by atoms with van der Waals surface area (Å²) in [7, 11) is 1.62. The molecule has 0 saturated carbocycles. The second kappa shape index (κ2) is 5.16. The smallest absolute Gasteiger partial charge is 0.228 e. The zero-order valence-corrected chi connectivity index (χ0v) is 11.9. The summed E-state index contributed by atoms with van der Waals surface area (Å²) in [6.45, 7) is 2.97. The zero-order valence-electron chi connectivity index (χ0n) is 11.1. The highest BCUT2D eigenvalue weighted by atomic mass is 32.1. The Morgan fingerprint density at radius 3 is 2.95 bits per heavy atom. The van der Waals surface area contributed by atoms with Gasteiger partial charge in [-0.25, -0.2) is 4.98 Å². The van der Waals surface area contributed by atoms with E-state index in [1.807, 2.05) is 6.92 Å². The number of hydrogen-bond acceptors (Lipinski definition) is 5. The van der Waals surface area contributed by atoms with Crippen LogP contribution in [0.5, 0.6) is 0 Å². The molecule has 1 unspecified atom stereocenters. The summed E-state index contributed by atoms with van der Waals surface area (Å²) in [5.74, 6) is -0.0152. The van der Waals surface area contributed by atoms with Gasteiger partial charge in [0, 0.05) is 25.5 Å². The zero-order chi connectivity index (χ0) is 14.0. The van der Waals surface area contributed by atoms with E-state index in [4.69, 9.17) is 5.73 Å². The molecule has 2 heterocycles. The first-order valence-corrected chi connectivity index (χ1v) is 7.02. The standard InChI is InChI=1S/C12H18N4O2S/c1-12(10(18)14-2)3-4-16(7-12)9(17)5-8-6-19-11(13)15-8/h6H,3-5,7H2,1-2H3,(H2,13,15)(H,14,18). The summed E-state index contributed by atoms with van der Waals surface area (Å²) in [5, 5.41) is 4.92. The molecule has 0 aromatic carbocycles. The van der Waals surface area contributed by atoms with E-state index in [9.17, 15) is 9.59 Å². The molecule has 3 N–H and O–H groups in total. The quantitative estimate of drug-likeness (QED) is 0.832. The van der Waals surface area contributed by atoms with Crippen LogP contribution in [0.2, 0.25) is 0 Å². The molecule has 1 atom stereocenters. The predicted octanol–water partition coefficient (Wildman–Crippen LogP) is 0.252. The predicted molar refractivity (Wildman–Crippen MR) is 73.6 cm³/mol. The number of carbonyl (C=O) groups is 2. The second-order valence-corrected chi connectivity index (χ2v) is 5.95. The maximum atomic E-state index is 12.1. The average molecular weight is 282 g/mol. The van der Waals surface area contributed by atoms with Crippen LogP contribution in [0, 0.1) is 5.41 Å². The van der Waals surface area contributed by atoms with E-state index in [1.54, 1.807) is 17.3 Å². The third-order valence-corrected chi connectivity index (χ3v) is 4.23. The number of nitrogens with two attached hydrogens (primary N) is 1. The number of thiazole rings is 1. The average Bonchev–Trinajstić information content (AvgIpc) is 2.96. The molecule has 1 aliphatic rings. The second-order valence-electron chi connectivity index (χ2n) is 5.06. The van der Waals surface area contributed by atoms with Crippen LogP contribution < -0.4 is 11.1 Å². The van der Waals surface area contributed by atoms with E-state index in [-0.39, 0.29) is 18.2 Å². The highest BCUT2D eigenvalue weighted by molar-refractivity contribution is 7.13. The van der Waals surface area contributed by atoms with Crippen molar-refractivity contribution in [3.8, 4) is 0 Å². The molecule has 6 nitrogen and oxygen atoms in total. The lowest BCUT2D eigenvalue weighted by Gasteiger charge is -2.22. The van der Waals surface area contributed by atoms with Gasteiger partial charge in [0.05, 0.1) is 17.5 Å². The van der Waals surface area contributed by atoms with Gasteiger partial charge in [0.1, 0.15) is 0 Å². The molecule has 7 heteroatoms. The van der Waals surface area contributed by atoms with Crippen LogP contribution in [-0.2, 0) is 16.0 Å². The summed E-state index contributed by atoms with van der Waals surface area (Å²) in [5.41, 5.74) is 5.75. The highest BCUT2D eigenvalue weighted by Gasteiger charge is 2.41. The minimum absolute atomic E-state index is 0.00192. The number of aromatic nitrogens is 1. The Morgan fingerprint density at radius 1 is 1.63 bits per heavy atom. The van der Waals surface area contributed by atoms with Gasteiger partial charge in [0.25, 0.3) is 0 Å². The Hall–Kier alpha value is -1.63. The molecule has 1 aliphatic heterocycles. The third-order valence-electron chi connectivity index (χ3n) is 3.50. The van der Waals surface area contributed by atoms with E-state index in [2.05, 4.69) is 10.3 Å². The van der Waals surface area contributed by atoms with Gasteiger partial charge < -0.3 is 16.0 Å². The highest BCUT2D eigenvalue weighted by Crippen LogP contribution is 2.30. The maximum absolute atomic E-state index is 12.1. The van der Waals surface area contributed by atoms with Gasteiger partial charge in [0.2, 0.25) is 11.8 Å². The molecular formula is C12H18N4O2S. The van der Waals surface area contributed by atoms with E-state index in [0.717, 1.165) is 0 Å². The van der Waals surface area contributed by atoms with Crippen LogP contribution in [0.4, 0.5) is 5.13 Å². The van der Waals surface area contributed by atoms with Crippen molar-refractivity contribution < 1.29 is 9.59 Å². The molecule has 0 radical (unpaired) electrons. The van der Waals surface area contributed by atoms with Crippen LogP contribution >= 0.6 is 11.3 Å². The van der Waals surface area contributed by atoms with Crippen LogP contribution in [0.1, 0.15) is 19.0 Å². The van der Waals surface area contributed by atoms with E-state index >= 15 is 0 Å². The largest absolute Gasteiger partial charge is 0.375 e. The Morgan fingerprint density at radius 2 is 2.37 bits per heavy atom. The topological polar surface area (TPSA) is 88.3 Å². The summed E-state index contributed by atoms with van der Waals surface area (Å²) < 4.78 is 0. The first kappa shape index (κ1) is 13.8. The fourth-order valence-electron chi connectivity index (χ4n) is 2.33. The minimum atomic E-state index is -0.481. The normalized spacial score (nSPS) is 22.5. The molecule has 1 fully saturated rings. The van der Waals surface area contributed by atoms with Crippen LogP contribution in [0.3, 0.4) is 0 Å². The maximum Gasteiger partial charge on any atom is 0.228 e. The summed E-state index contributed by atoms with van der Waals surface area (Å²) in [4.78, 5) is 29.7. The summed E-state index contributed by atoms with van der Waals surface area (Å²) >= 11 is 1.33. The van der Waals surface area contributed by atoms with Gasteiger partial charge in [0.15, 0.2) is 5.13 Å². The fourth-order valence-corrected chi connectivity index (χ4v) is 2.89. The molecule has 0 bridgehead atoms. The first-order valence-electron chi connectivity index (χ1n) is 6.14. The van der Waals surface area contributed by atoms with Crippen molar-refractivity contribution in [3.63, 3.8) is 0 Å². The van der Waals surface area contributed by atoms with Crippen LogP contribution in [0.25, 0.3) is 0 Å². The number of amides is 2. The van der Waals surface area contributed by atoms with Gasteiger partial charge in [-0.05, 0) is 13.3 Å². The molecular weight excluding hydrogens is 264 g/mol. The van der Waals surface area contributed by atoms with Gasteiger partial charge in [-0.3, -0.25) is 9.59 Å². The molecule has 104 valence electrons. The summed E-state index contributed by atoms with van der Waals surface area (Å²) in [6.07, 6.45) is 0.940. The number of nitrogens with one attached hydrogen (secondary N) is 1. The lowest BCUT2D eigenvalue weighted by molar-refractivity contribution is -0.132. The van der Waals surface area contributed by atoms with Crippen molar-refractivity contribution in [1.82, 2.24) is 15.2 Å². The minimum Gasteiger partial charge on any atom is -0.375 e. The molecule has 2 amide bonds.